The fourth-order valence-corrected chi connectivity index (χ4v) is 2.43. The molecule has 0 saturated heterocycles. The van der Waals surface area contributed by atoms with Crippen LogP contribution in [0.15, 0.2) is 41.4 Å². The van der Waals surface area contributed by atoms with Gasteiger partial charge in [-0.05, 0) is 51.9 Å². The summed E-state index contributed by atoms with van der Waals surface area (Å²) < 4.78 is 0.794. The normalized spacial score (nSPS) is 14.1. The van der Waals surface area contributed by atoms with Crippen LogP contribution in [-0.4, -0.2) is 15.9 Å². The minimum absolute atomic E-state index is 0.129. The third-order valence-corrected chi connectivity index (χ3v) is 3.72. The lowest BCUT2D eigenvalue weighted by molar-refractivity contribution is 0.0950. The van der Waals surface area contributed by atoms with Crippen molar-refractivity contribution in [1.82, 2.24) is 15.3 Å². The molecule has 2 heterocycles. The fourth-order valence-electron chi connectivity index (χ4n) is 2.06. The number of pyridine rings is 2. The molecule has 4 nitrogen and oxygen atoms in total. The smallest absolute Gasteiger partial charge is 0.253 e. The van der Waals surface area contributed by atoms with Gasteiger partial charge in [0.1, 0.15) is 0 Å². The zero-order chi connectivity index (χ0) is 13.9. The summed E-state index contributed by atoms with van der Waals surface area (Å²) in [6.45, 7) is 0.485. The maximum atomic E-state index is 12.0. The third kappa shape index (κ3) is 3.22. The third-order valence-electron chi connectivity index (χ3n) is 3.28. The monoisotopic (exact) mass is 331 g/mol. The van der Waals surface area contributed by atoms with Crippen LogP contribution < -0.4 is 5.32 Å². The molecule has 0 atom stereocenters. The van der Waals surface area contributed by atoms with Crippen LogP contribution in [0.4, 0.5) is 0 Å². The van der Waals surface area contributed by atoms with Gasteiger partial charge in [0, 0.05) is 35.8 Å². The summed E-state index contributed by atoms with van der Waals surface area (Å²) in [5.74, 6) is 0.544. The van der Waals surface area contributed by atoms with Gasteiger partial charge in [0.2, 0.25) is 0 Å². The number of carbonyl (C=O) groups excluding carboxylic acids is 1. The number of amides is 1. The van der Waals surface area contributed by atoms with Crippen LogP contribution in [0.25, 0.3) is 0 Å². The van der Waals surface area contributed by atoms with Crippen molar-refractivity contribution in [2.45, 2.75) is 25.3 Å². The van der Waals surface area contributed by atoms with E-state index >= 15 is 0 Å². The lowest BCUT2D eigenvalue weighted by Crippen LogP contribution is -2.23. The van der Waals surface area contributed by atoms with Crippen LogP contribution in [0, 0.1) is 0 Å². The van der Waals surface area contributed by atoms with Gasteiger partial charge in [-0.3, -0.25) is 14.8 Å². The molecule has 1 saturated carbocycles. The highest BCUT2D eigenvalue weighted by atomic mass is 79.9. The molecule has 1 N–H and O–H groups in total. The molecule has 5 heteroatoms. The van der Waals surface area contributed by atoms with Crippen LogP contribution in [0.1, 0.15) is 40.2 Å². The minimum atomic E-state index is -0.129. The van der Waals surface area contributed by atoms with Gasteiger partial charge in [0.05, 0.1) is 5.56 Å². The average Bonchev–Trinajstić information content (AvgIpc) is 3.30. The first-order chi connectivity index (χ1) is 9.72. The second kappa shape index (κ2) is 5.71. The van der Waals surface area contributed by atoms with E-state index in [9.17, 15) is 4.79 Å². The molecule has 2 aromatic heterocycles. The molecule has 0 unspecified atom stereocenters. The number of hydrogen-bond donors (Lipinski definition) is 1. The summed E-state index contributed by atoms with van der Waals surface area (Å²) >= 11 is 3.31. The van der Waals surface area contributed by atoms with Crippen molar-refractivity contribution in [3.63, 3.8) is 0 Å². The molecular weight excluding hydrogens is 318 g/mol. The molecule has 3 rings (SSSR count). The predicted octanol–water partition coefficient (Wildman–Crippen LogP) is 3.05. The Balaban J connectivity index is 1.64. The van der Waals surface area contributed by atoms with E-state index in [-0.39, 0.29) is 5.91 Å². The summed E-state index contributed by atoms with van der Waals surface area (Å²) in [4.78, 5) is 20.2. The second-order valence-electron chi connectivity index (χ2n) is 4.98. The van der Waals surface area contributed by atoms with Crippen molar-refractivity contribution < 1.29 is 4.79 Å². The highest BCUT2D eigenvalue weighted by Crippen LogP contribution is 2.39. The zero-order valence-electron chi connectivity index (χ0n) is 10.8. The van der Waals surface area contributed by atoms with Crippen LogP contribution >= 0.6 is 15.9 Å². The molecule has 1 fully saturated rings. The van der Waals surface area contributed by atoms with E-state index in [4.69, 9.17) is 0 Å². The van der Waals surface area contributed by atoms with E-state index in [1.54, 1.807) is 24.7 Å². The molecule has 20 heavy (non-hydrogen) atoms. The maximum Gasteiger partial charge on any atom is 0.253 e. The first-order valence-electron chi connectivity index (χ1n) is 6.55. The van der Waals surface area contributed by atoms with Crippen LogP contribution in [0.3, 0.4) is 0 Å². The predicted molar refractivity (Wildman–Crippen MR) is 79.3 cm³/mol. The average molecular weight is 332 g/mol. The largest absolute Gasteiger partial charge is 0.348 e. The molecule has 0 spiro atoms. The van der Waals surface area contributed by atoms with E-state index in [1.807, 2.05) is 6.20 Å². The van der Waals surface area contributed by atoms with Crippen molar-refractivity contribution in [2.24, 2.45) is 0 Å². The Bertz CT molecular complexity index is 641. The Hall–Kier alpha value is -1.75. The van der Waals surface area contributed by atoms with Gasteiger partial charge in [-0.2, -0.15) is 0 Å². The second-order valence-corrected chi connectivity index (χ2v) is 5.89. The van der Waals surface area contributed by atoms with Gasteiger partial charge in [-0.15, -0.1) is 0 Å². The van der Waals surface area contributed by atoms with Crippen molar-refractivity contribution >= 4 is 21.8 Å². The number of rotatable bonds is 4. The standard InChI is InChI=1S/C15H14BrN3O/c16-14-4-13(8-18-9-14)15(20)19-6-10-3-12(7-17-5-10)11-1-2-11/h3-5,7-9,11H,1-2,6H2,(H,19,20). The van der Waals surface area contributed by atoms with E-state index < -0.39 is 0 Å². The quantitative estimate of drug-likeness (QED) is 0.936. The first kappa shape index (κ1) is 13.2. The maximum absolute atomic E-state index is 12.0. The molecular formula is C15H14BrN3O. The zero-order valence-corrected chi connectivity index (χ0v) is 12.4. The Labute approximate surface area is 125 Å². The molecule has 0 aliphatic heterocycles. The topological polar surface area (TPSA) is 54.9 Å². The van der Waals surface area contributed by atoms with E-state index in [0.29, 0.717) is 18.0 Å². The summed E-state index contributed by atoms with van der Waals surface area (Å²) in [6, 6.07) is 3.88. The summed E-state index contributed by atoms with van der Waals surface area (Å²) in [6.07, 6.45) is 9.42. The Morgan fingerprint density at radius 1 is 1.20 bits per heavy atom. The number of nitrogens with one attached hydrogen (secondary N) is 1. The Morgan fingerprint density at radius 3 is 2.75 bits per heavy atom. The van der Waals surface area contributed by atoms with Crippen LogP contribution in [0.2, 0.25) is 0 Å². The number of aromatic nitrogens is 2. The van der Waals surface area contributed by atoms with E-state index in [1.165, 1.54) is 18.4 Å². The molecule has 1 amide bonds. The van der Waals surface area contributed by atoms with Crippen molar-refractivity contribution in [1.29, 1.82) is 0 Å². The molecule has 0 radical (unpaired) electrons. The summed E-state index contributed by atoms with van der Waals surface area (Å²) in [5, 5.41) is 2.89. The highest BCUT2D eigenvalue weighted by Gasteiger charge is 2.23. The Morgan fingerprint density at radius 2 is 2.00 bits per heavy atom. The van der Waals surface area contributed by atoms with Crippen LogP contribution in [0.5, 0.6) is 0 Å². The lowest BCUT2D eigenvalue weighted by atomic mass is 10.1. The van der Waals surface area contributed by atoms with Crippen molar-refractivity contribution in [2.75, 3.05) is 0 Å². The molecule has 1 aliphatic rings. The van der Waals surface area contributed by atoms with Gasteiger partial charge in [0.15, 0.2) is 0 Å². The van der Waals surface area contributed by atoms with E-state index in [2.05, 4.69) is 37.3 Å². The first-order valence-corrected chi connectivity index (χ1v) is 7.34. The summed E-state index contributed by atoms with van der Waals surface area (Å²) in [5.41, 5.74) is 2.86. The number of carbonyl (C=O) groups is 1. The van der Waals surface area contributed by atoms with E-state index in [0.717, 1.165) is 10.0 Å². The highest BCUT2D eigenvalue weighted by molar-refractivity contribution is 9.10. The molecule has 0 aromatic carbocycles. The minimum Gasteiger partial charge on any atom is -0.348 e. The fraction of sp³-hybridized carbons (Fsp3) is 0.267. The van der Waals surface area contributed by atoms with Crippen LogP contribution in [-0.2, 0) is 6.54 Å². The number of nitrogens with zero attached hydrogens (tertiary/aromatic N) is 2. The van der Waals surface area contributed by atoms with Gasteiger partial charge in [-0.1, -0.05) is 6.07 Å². The molecule has 1 aliphatic carbocycles. The van der Waals surface area contributed by atoms with Gasteiger partial charge >= 0.3 is 0 Å². The van der Waals surface area contributed by atoms with Gasteiger partial charge < -0.3 is 5.32 Å². The Kier molecular flexibility index (Phi) is 3.78. The molecule has 0 bridgehead atoms. The van der Waals surface area contributed by atoms with Crippen molar-refractivity contribution in [3.05, 3.63) is 58.1 Å². The lowest BCUT2D eigenvalue weighted by Gasteiger charge is -2.06. The number of halogens is 1. The SMILES string of the molecule is O=C(NCc1cncc(C2CC2)c1)c1cncc(Br)c1. The summed E-state index contributed by atoms with van der Waals surface area (Å²) in [7, 11) is 0. The number of hydrogen-bond acceptors (Lipinski definition) is 3. The van der Waals surface area contributed by atoms with Gasteiger partial charge in [-0.25, -0.2) is 0 Å². The van der Waals surface area contributed by atoms with Crippen molar-refractivity contribution in [3.8, 4) is 0 Å². The molecule has 102 valence electrons. The van der Waals surface area contributed by atoms with Gasteiger partial charge in [0.25, 0.3) is 5.91 Å². The molecule has 2 aromatic rings.